The lowest BCUT2D eigenvalue weighted by molar-refractivity contribution is -0.139. The summed E-state index contributed by atoms with van der Waals surface area (Å²) >= 11 is 0. The summed E-state index contributed by atoms with van der Waals surface area (Å²) in [6, 6.07) is 7.64. The summed E-state index contributed by atoms with van der Waals surface area (Å²) < 4.78 is 18.8. The Bertz CT molecular complexity index is 1190. The highest BCUT2D eigenvalue weighted by atomic mass is 19.1. The average molecular weight is 485 g/mol. The fourth-order valence-electron chi connectivity index (χ4n) is 3.52. The van der Waals surface area contributed by atoms with E-state index in [1.807, 2.05) is 13.8 Å². The number of benzene rings is 1. The summed E-state index contributed by atoms with van der Waals surface area (Å²) in [6.07, 6.45) is 0.230. The SMILES string of the molecule is Cc1cc(N(C)c2nc(-c3ccc(F)cc3)c(C=C[C@@H](O)C[C@@H](O)CC(=O)O)c(C(C)C)n2)no1. The molecule has 0 aliphatic heterocycles. The normalized spacial score (nSPS) is 13.4. The molecule has 0 bridgehead atoms. The zero-order valence-corrected chi connectivity index (χ0v) is 20.0. The van der Waals surface area contributed by atoms with Gasteiger partial charge in [-0.1, -0.05) is 31.2 Å². The van der Waals surface area contributed by atoms with E-state index in [4.69, 9.17) is 19.6 Å². The van der Waals surface area contributed by atoms with Crippen LogP contribution in [0.4, 0.5) is 16.2 Å². The molecule has 3 aromatic rings. The van der Waals surface area contributed by atoms with E-state index in [9.17, 15) is 19.4 Å². The highest BCUT2D eigenvalue weighted by Crippen LogP contribution is 2.32. The van der Waals surface area contributed by atoms with E-state index in [0.29, 0.717) is 40.0 Å². The molecule has 186 valence electrons. The molecule has 1 aromatic carbocycles. The number of carboxylic acid groups (broad SMARTS) is 1. The molecule has 2 aromatic heterocycles. The Kier molecular flexibility index (Phi) is 8.31. The Morgan fingerprint density at radius 3 is 2.46 bits per heavy atom. The molecule has 0 aliphatic carbocycles. The van der Waals surface area contributed by atoms with Gasteiger partial charge in [0.2, 0.25) is 5.95 Å². The number of aryl methyl sites for hydroxylation is 1. The van der Waals surface area contributed by atoms with Crippen molar-refractivity contribution in [2.75, 3.05) is 11.9 Å². The van der Waals surface area contributed by atoms with Gasteiger partial charge in [-0.2, -0.15) is 0 Å². The van der Waals surface area contributed by atoms with Gasteiger partial charge in [0.15, 0.2) is 5.82 Å². The number of aliphatic carboxylic acids is 1. The van der Waals surface area contributed by atoms with Gasteiger partial charge in [-0.05, 0) is 37.1 Å². The minimum Gasteiger partial charge on any atom is -0.481 e. The van der Waals surface area contributed by atoms with E-state index in [2.05, 4.69) is 5.16 Å². The van der Waals surface area contributed by atoms with Crippen molar-refractivity contribution in [3.05, 3.63) is 59.2 Å². The third-order valence-corrected chi connectivity index (χ3v) is 5.30. The second kappa shape index (κ2) is 11.2. The topological polar surface area (TPSA) is 133 Å². The summed E-state index contributed by atoms with van der Waals surface area (Å²) in [7, 11) is 1.76. The summed E-state index contributed by atoms with van der Waals surface area (Å²) in [5.41, 5.74) is 2.45. The van der Waals surface area contributed by atoms with Gasteiger partial charge in [0.25, 0.3) is 0 Å². The Morgan fingerprint density at radius 2 is 1.89 bits per heavy atom. The second-order valence-corrected chi connectivity index (χ2v) is 8.60. The van der Waals surface area contributed by atoms with Crippen molar-refractivity contribution in [3.8, 4) is 11.3 Å². The van der Waals surface area contributed by atoms with Gasteiger partial charge in [0.05, 0.1) is 30.0 Å². The van der Waals surface area contributed by atoms with Crippen LogP contribution in [0.2, 0.25) is 0 Å². The highest BCUT2D eigenvalue weighted by molar-refractivity contribution is 5.75. The number of halogens is 1. The van der Waals surface area contributed by atoms with Crippen LogP contribution in [-0.4, -0.2) is 55.7 Å². The lowest BCUT2D eigenvalue weighted by atomic mass is 9.97. The highest BCUT2D eigenvalue weighted by Gasteiger charge is 2.21. The lowest BCUT2D eigenvalue weighted by Gasteiger charge is -2.20. The number of aliphatic hydroxyl groups is 2. The molecule has 3 N–H and O–H groups in total. The van der Waals surface area contributed by atoms with Crippen LogP contribution in [0.15, 0.2) is 40.9 Å². The number of carbonyl (C=O) groups is 1. The predicted molar refractivity (Wildman–Crippen MR) is 129 cm³/mol. The zero-order valence-electron chi connectivity index (χ0n) is 20.0. The maximum atomic E-state index is 13.6. The number of nitrogens with zero attached hydrogens (tertiary/aromatic N) is 4. The van der Waals surface area contributed by atoms with Crippen molar-refractivity contribution >= 4 is 23.8 Å². The smallest absolute Gasteiger partial charge is 0.305 e. The Morgan fingerprint density at radius 1 is 1.20 bits per heavy atom. The van der Waals surface area contributed by atoms with Crippen molar-refractivity contribution in [2.45, 2.75) is 51.7 Å². The van der Waals surface area contributed by atoms with Crippen LogP contribution in [0.1, 0.15) is 49.6 Å². The van der Waals surface area contributed by atoms with Crippen molar-refractivity contribution in [1.82, 2.24) is 15.1 Å². The number of anilines is 2. The van der Waals surface area contributed by atoms with Gasteiger partial charge in [0, 0.05) is 30.7 Å². The Balaban J connectivity index is 2.08. The first kappa shape index (κ1) is 26.0. The molecule has 0 unspecified atom stereocenters. The number of aliphatic hydroxyl groups excluding tert-OH is 2. The van der Waals surface area contributed by atoms with Crippen molar-refractivity contribution < 1.29 is 29.0 Å². The molecule has 0 saturated carbocycles. The molecule has 2 atom stereocenters. The van der Waals surface area contributed by atoms with E-state index in [0.717, 1.165) is 0 Å². The fraction of sp³-hybridized carbons (Fsp3) is 0.360. The van der Waals surface area contributed by atoms with E-state index in [1.54, 1.807) is 43.1 Å². The third kappa shape index (κ3) is 6.71. The minimum absolute atomic E-state index is 0.0437. The van der Waals surface area contributed by atoms with Gasteiger partial charge in [-0.3, -0.25) is 9.69 Å². The molecule has 3 rings (SSSR count). The van der Waals surface area contributed by atoms with Gasteiger partial charge in [-0.15, -0.1) is 0 Å². The molecule has 0 aliphatic rings. The standard InChI is InChI=1S/C25H29FN4O5/c1-14(2)23-20(10-9-18(31)12-19(32)13-22(33)34)24(16-5-7-17(26)8-6-16)28-25(27-23)30(4)21-11-15(3)35-29-21/h5-11,14,18-19,31-32H,12-13H2,1-4H3,(H,33,34)/t18-,19-/m1/s1. The number of hydrogen-bond acceptors (Lipinski definition) is 8. The first-order valence-electron chi connectivity index (χ1n) is 11.2. The van der Waals surface area contributed by atoms with E-state index < -0.39 is 24.6 Å². The fourth-order valence-corrected chi connectivity index (χ4v) is 3.52. The average Bonchev–Trinajstić information content (AvgIpc) is 3.22. The van der Waals surface area contributed by atoms with E-state index in [-0.39, 0.29) is 18.2 Å². The summed E-state index contributed by atoms with van der Waals surface area (Å²) in [5, 5.41) is 33.0. The predicted octanol–water partition coefficient (Wildman–Crippen LogP) is 4.07. The minimum atomic E-state index is -1.19. The summed E-state index contributed by atoms with van der Waals surface area (Å²) in [5.74, 6) is -0.0672. The van der Waals surface area contributed by atoms with Crippen LogP contribution < -0.4 is 4.90 Å². The first-order chi connectivity index (χ1) is 16.5. The number of aromatic nitrogens is 3. The molecule has 10 heteroatoms. The van der Waals surface area contributed by atoms with Crippen LogP contribution in [0.5, 0.6) is 0 Å². The van der Waals surface area contributed by atoms with Crippen molar-refractivity contribution in [1.29, 1.82) is 0 Å². The van der Waals surface area contributed by atoms with Crippen LogP contribution in [0.25, 0.3) is 17.3 Å². The molecule has 0 spiro atoms. The maximum absolute atomic E-state index is 13.6. The lowest BCUT2D eigenvalue weighted by Crippen LogP contribution is -2.19. The van der Waals surface area contributed by atoms with Gasteiger partial charge < -0.3 is 19.8 Å². The van der Waals surface area contributed by atoms with Crippen LogP contribution in [-0.2, 0) is 4.79 Å². The molecule has 0 saturated heterocycles. The molecule has 0 amide bonds. The number of hydrogen-bond donors (Lipinski definition) is 3. The second-order valence-electron chi connectivity index (χ2n) is 8.60. The number of rotatable bonds is 10. The monoisotopic (exact) mass is 484 g/mol. The Hall–Kier alpha value is -3.63. The maximum Gasteiger partial charge on any atom is 0.305 e. The van der Waals surface area contributed by atoms with Crippen molar-refractivity contribution in [3.63, 3.8) is 0 Å². The van der Waals surface area contributed by atoms with Gasteiger partial charge in [0.1, 0.15) is 11.6 Å². The molecular weight excluding hydrogens is 455 g/mol. The summed E-state index contributed by atoms with van der Waals surface area (Å²) in [4.78, 5) is 21.9. The van der Waals surface area contributed by atoms with Crippen molar-refractivity contribution in [2.24, 2.45) is 0 Å². The molecule has 35 heavy (non-hydrogen) atoms. The molecule has 9 nitrogen and oxygen atoms in total. The molecule has 2 heterocycles. The zero-order chi connectivity index (χ0) is 25.7. The number of carboxylic acids is 1. The van der Waals surface area contributed by atoms with Crippen LogP contribution >= 0.6 is 0 Å². The van der Waals surface area contributed by atoms with Crippen LogP contribution in [0.3, 0.4) is 0 Å². The largest absolute Gasteiger partial charge is 0.481 e. The van der Waals surface area contributed by atoms with E-state index >= 15 is 0 Å². The summed E-state index contributed by atoms with van der Waals surface area (Å²) in [6.45, 7) is 5.71. The quantitative estimate of drug-likeness (QED) is 0.389. The van der Waals surface area contributed by atoms with E-state index in [1.165, 1.54) is 18.2 Å². The molecular formula is C25H29FN4O5. The third-order valence-electron chi connectivity index (χ3n) is 5.30. The van der Waals surface area contributed by atoms with Gasteiger partial charge >= 0.3 is 5.97 Å². The molecule has 0 fully saturated rings. The van der Waals surface area contributed by atoms with Crippen LogP contribution in [0, 0.1) is 12.7 Å². The Labute approximate surface area is 202 Å². The first-order valence-corrected chi connectivity index (χ1v) is 11.2. The molecule has 0 radical (unpaired) electrons. The van der Waals surface area contributed by atoms with Gasteiger partial charge in [-0.25, -0.2) is 14.4 Å².